The molecule has 0 bridgehead atoms. The van der Waals surface area contributed by atoms with Gasteiger partial charge in [0.05, 0.1) is 6.61 Å². The van der Waals surface area contributed by atoms with Crippen LogP contribution >= 0.6 is 0 Å². The third-order valence-corrected chi connectivity index (χ3v) is 0.433. The summed E-state index contributed by atoms with van der Waals surface area (Å²) in [6, 6.07) is 0. The zero-order chi connectivity index (χ0) is 5.21. The number of hydrogen-bond acceptors (Lipinski definition) is 0. The standard InChI is InChI=1S/C5H11O.K.H/c1-5(2,3)4-6;;/h4H2,1-3H3;;. The molecule has 0 amide bonds. The van der Waals surface area contributed by atoms with Crippen molar-refractivity contribution in [2.24, 2.45) is 5.41 Å². The Labute approximate surface area is 87.9 Å². The molecule has 0 N–H and O–H groups in total. The van der Waals surface area contributed by atoms with E-state index in [0.29, 0.717) is 0 Å². The summed E-state index contributed by atoms with van der Waals surface area (Å²) in [5, 5.41) is 9.95. The second-order valence-electron chi connectivity index (χ2n) is 2.70. The van der Waals surface area contributed by atoms with Crippen molar-refractivity contribution in [3.8, 4) is 0 Å². The van der Waals surface area contributed by atoms with Gasteiger partial charge < -0.3 is 0 Å². The van der Waals surface area contributed by atoms with Gasteiger partial charge in [0.2, 0.25) is 0 Å². The molecule has 0 heterocycles. The van der Waals surface area contributed by atoms with Crippen molar-refractivity contribution in [3.05, 3.63) is 0 Å². The summed E-state index contributed by atoms with van der Waals surface area (Å²) in [6.07, 6.45) is 0. The van der Waals surface area contributed by atoms with Crippen LogP contribution in [0.1, 0.15) is 20.8 Å². The van der Waals surface area contributed by atoms with Crippen molar-refractivity contribution >= 4 is 51.4 Å². The second kappa shape index (κ2) is 4.47. The van der Waals surface area contributed by atoms with Gasteiger partial charge in [0, 0.05) is 0 Å². The zero-order valence-electron chi connectivity index (χ0n) is 4.62. The summed E-state index contributed by atoms with van der Waals surface area (Å²) in [5.41, 5.74) is -0.0139. The molecule has 0 spiro atoms. The fourth-order valence-corrected chi connectivity index (χ4v) is 0. The fraction of sp³-hybridized carbons (Fsp3) is 1.00. The van der Waals surface area contributed by atoms with Gasteiger partial charge >= 0.3 is 51.4 Å². The molecule has 0 aromatic carbocycles. The Hall–Kier alpha value is 1.60. The summed E-state index contributed by atoms with van der Waals surface area (Å²) in [5.74, 6) is 0. The van der Waals surface area contributed by atoms with Crippen LogP contribution in [0.4, 0.5) is 0 Å². The number of rotatable bonds is 0. The molecule has 1 nitrogen and oxygen atoms in total. The quantitative estimate of drug-likeness (QED) is 0.429. The van der Waals surface area contributed by atoms with Crippen LogP contribution in [0, 0.1) is 5.41 Å². The van der Waals surface area contributed by atoms with Crippen LogP contribution in [0.2, 0.25) is 0 Å². The normalized spacial score (nSPS) is 10.3. The summed E-state index contributed by atoms with van der Waals surface area (Å²) in [7, 11) is 0. The maximum absolute atomic E-state index is 9.95. The van der Waals surface area contributed by atoms with Crippen LogP contribution in [0.25, 0.3) is 0 Å². The summed E-state index contributed by atoms with van der Waals surface area (Å²) in [6.45, 7) is 5.81. The van der Waals surface area contributed by atoms with Crippen molar-refractivity contribution in [1.82, 2.24) is 0 Å². The monoisotopic (exact) mass is 127 g/mol. The molecular weight excluding hydrogens is 115 g/mol. The molecule has 0 rings (SSSR count). The SMILES string of the molecule is CC(C)(C)C[O].[KH]. The van der Waals surface area contributed by atoms with E-state index in [1.807, 2.05) is 20.8 Å². The van der Waals surface area contributed by atoms with Crippen LogP contribution in [0.5, 0.6) is 0 Å². The van der Waals surface area contributed by atoms with E-state index in [1.54, 1.807) is 0 Å². The van der Waals surface area contributed by atoms with Gasteiger partial charge in [-0.15, -0.1) is 0 Å². The molecule has 0 atom stereocenters. The molecule has 39 valence electrons. The molecule has 0 aliphatic rings. The van der Waals surface area contributed by atoms with Gasteiger partial charge in [0.25, 0.3) is 0 Å². The van der Waals surface area contributed by atoms with Crippen LogP contribution in [-0.4, -0.2) is 58.0 Å². The van der Waals surface area contributed by atoms with Crippen molar-refractivity contribution in [3.63, 3.8) is 0 Å². The topological polar surface area (TPSA) is 19.9 Å². The summed E-state index contributed by atoms with van der Waals surface area (Å²) in [4.78, 5) is 0. The van der Waals surface area contributed by atoms with E-state index in [9.17, 15) is 5.11 Å². The molecule has 0 aliphatic heterocycles. The van der Waals surface area contributed by atoms with E-state index < -0.39 is 0 Å². The second-order valence-corrected chi connectivity index (χ2v) is 2.70. The Morgan fingerprint density at radius 2 is 1.43 bits per heavy atom. The summed E-state index contributed by atoms with van der Waals surface area (Å²) < 4.78 is 0. The molecule has 2 heteroatoms. The van der Waals surface area contributed by atoms with Crippen LogP contribution in [-0.2, 0) is 5.11 Å². The Morgan fingerprint density at radius 1 is 1.29 bits per heavy atom. The summed E-state index contributed by atoms with van der Waals surface area (Å²) >= 11 is 0. The Kier molecular flexibility index (Phi) is 7.28. The van der Waals surface area contributed by atoms with Crippen molar-refractivity contribution in [2.45, 2.75) is 20.8 Å². The van der Waals surface area contributed by atoms with Gasteiger partial charge in [-0.1, -0.05) is 20.8 Å². The molecule has 0 saturated carbocycles. The van der Waals surface area contributed by atoms with E-state index in [-0.39, 0.29) is 63.4 Å². The van der Waals surface area contributed by atoms with Gasteiger partial charge in [-0.05, 0) is 5.41 Å². The van der Waals surface area contributed by atoms with Gasteiger partial charge in [0.1, 0.15) is 0 Å². The van der Waals surface area contributed by atoms with Crippen molar-refractivity contribution in [1.29, 1.82) is 0 Å². The van der Waals surface area contributed by atoms with E-state index in [2.05, 4.69) is 0 Å². The maximum atomic E-state index is 9.95. The minimum absolute atomic E-state index is 0. The average molecular weight is 127 g/mol. The Balaban J connectivity index is 0. The first-order valence-electron chi connectivity index (χ1n) is 2.14. The predicted molar refractivity (Wildman–Crippen MR) is 32.2 cm³/mol. The first-order valence-corrected chi connectivity index (χ1v) is 2.14. The molecular formula is C5H12KO. The number of hydrogen-bond donors (Lipinski definition) is 0. The van der Waals surface area contributed by atoms with Gasteiger partial charge in [-0.2, -0.15) is 0 Å². The Morgan fingerprint density at radius 3 is 1.43 bits per heavy atom. The predicted octanol–water partition coefficient (Wildman–Crippen LogP) is 0.815. The van der Waals surface area contributed by atoms with Crippen LogP contribution in [0.15, 0.2) is 0 Å². The van der Waals surface area contributed by atoms with E-state index in [4.69, 9.17) is 0 Å². The van der Waals surface area contributed by atoms with Crippen molar-refractivity contribution in [2.75, 3.05) is 6.61 Å². The fourth-order valence-electron chi connectivity index (χ4n) is 0. The van der Waals surface area contributed by atoms with Crippen LogP contribution in [0.3, 0.4) is 0 Å². The molecule has 0 saturated heterocycles. The first kappa shape index (κ1) is 11.4. The third kappa shape index (κ3) is 11.3. The first-order chi connectivity index (χ1) is 2.56. The Bertz CT molecular complexity index is 37.8. The average Bonchev–Trinajstić information content (AvgIpc) is 1.35. The van der Waals surface area contributed by atoms with E-state index >= 15 is 0 Å². The van der Waals surface area contributed by atoms with Gasteiger partial charge in [0.15, 0.2) is 0 Å². The van der Waals surface area contributed by atoms with Gasteiger partial charge in [-0.3, -0.25) is 0 Å². The van der Waals surface area contributed by atoms with Gasteiger partial charge in [-0.25, -0.2) is 5.11 Å². The van der Waals surface area contributed by atoms with Crippen LogP contribution < -0.4 is 0 Å². The zero-order valence-corrected chi connectivity index (χ0v) is 4.62. The van der Waals surface area contributed by atoms with E-state index in [1.165, 1.54) is 0 Å². The molecule has 7 heavy (non-hydrogen) atoms. The van der Waals surface area contributed by atoms with Crippen molar-refractivity contribution < 1.29 is 5.11 Å². The molecule has 0 aliphatic carbocycles. The minimum atomic E-state index is -0.0139. The molecule has 1 radical (unpaired) electrons. The molecule has 0 aromatic heterocycles. The molecule has 0 aromatic rings. The van der Waals surface area contributed by atoms with E-state index in [0.717, 1.165) is 0 Å². The molecule has 0 unspecified atom stereocenters. The molecule has 0 fully saturated rings. The third-order valence-electron chi connectivity index (χ3n) is 0.433.